The minimum atomic E-state index is -4.03. The first-order valence-corrected chi connectivity index (χ1v) is 5.30. The molecule has 0 saturated carbocycles. The second-order valence-electron chi connectivity index (χ2n) is 2.49. The molecule has 1 rings (SSSR count). The van der Waals surface area contributed by atoms with Gasteiger partial charge in [-0.3, -0.25) is 0 Å². The van der Waals surface area contributed by atoms with Crippen LogP contribution in [-0.2, 0) is 10.0 Å². The molecule has 0 bridgehead atoms. The van der Waals surface area contributed by atoms with Crippen molar-refractivity contribution in [1.82, 2.24) is 0 Å². The molecule has 0 unspecified atom stereocenters. The summed E-state index contributed by atoms with van der Waals surface area (Å²) >= 11 is 5.51. The number of hydrogen-bond donors (Lipinski definition) is 2. The van der Waals surface area contributed by atoms with Gasteiger partial charge >= 0.3 is 5.97 Å². The molecule has 0 fully saturated rings. The van der Waals surface area contributed by atoms with Gasteiger partial charge in [0.1, 0.15) is 0 Å². The number of halogens is 1. The number of carbonyl (C=O) groups is 1. The predicted molar refractivity (Wildman–Crippen MR) is 49.8 cm³/mol. The van der Waals surface area contributed by atoms with Crippen LogP contribution >= 0.6 is 11.6 Å². The first kappa shape index (κ1) is 11.0. The Labute approximate surface area is 85.2 Å². The van der Waals surface area contributed by atoms with E-state index in [1.165, 1.54) is 6.07 Å². The van der Waals surface area contributed by atoms with Crippen LogP contribution in [0.5, 0.6) is 0 Å². The standard InChI is InChI=1S/C7H6ClNO4S/c8-4-1-2-6(14(9,12)13)5(3-4)7(10)11/h1-3H,(H,10,11)(H2,9,12,13). The van der Waals surface area contributed by atoms with Crippen LogP contribution in [0.1, 0.15) is 10.4 Å². The lowest BCUT2D eigenvalue weighted by atomic mass is 10.2. The average molecular weight is 236 g/mol. The van der Waals surface area contributed by atoms with Crippen molar-refractivity contribution in [2.75, 3.05) is 0 Å². The first-order chi connectivity index (χ1) is 6.32. The van der Waals surface area contributed by atoms with E-state index >= 15 is 0 Å². The molecular weight excluding hydrogens is 230 g/mol. The first-order valence-electron chi connectivity index (χ1n) is 3.38. The van der Waals surface area contributed by atoms with Gasteiger partial charge in [-0.15, -0.1) is 0 Å². The smallest absolute Gasteiger partial charge is 0.337 e. The Bertz CT molecular complexity index is 482. The van der Waals surface area contributed by atoms with E-state index in [1.54, 1.807) is 0 Å². The van der Waals surface area contributed by atoms with E-state index in [1.807, 2.05) is 0 Å². The highest BCUT2D eigenvalue weighted by atomic mass is 35.5. The summed E-state index contributed by atoms with van der Waals surface area (Å²) < 4.78 is 21.9. The Hall–Kier alpha value is -1.11. The summed E-state index contributed by atoms with van der Waals surface area (Å²) in [4.78, 5) is 10.2. The lowest BCUT2D eigenvalue weighted by Gasteiger charge is -2.03. The number of carboxylic acid groups (broad SMARTS) is 1. The van der Waals surface area contributed by atoms with Crippen molar-refractivity contribution in [3.8, 4) is 0 Å². The number of primary sulfonamides is 1. The van der Waals surface area contributed by atoms with Crippen LogP contribution in [0.25, 0.3) is 0 Å². The second kappa shape index (κ2) is 3.56. The fourth-order valence-corrected chi connectivity index (χ4v) is 1.80. The summed E-state index contributed by atoms with van der Waals surface area (Å²) in [6, 6.07) is 3.35. The summed E-state index contributed by atoms with van der Waals surface area (Å²) in [7, 11) is -4.03. The second-order valence-corrected chi connectivity index (χ2v) is 4.46. The quantitative estimate of drug-likeness (QED) is 0.788. The molecule has 0 amide bonds. The van der Waals surface area contributed by atoms with Crippen LogP contribution in [-0.4, -0.2) is 19.5 Å². The van der Waals surface area contributed by atoms with Crippen LogP contribution in [0.2, 0.25) is 5.02 Å². The summed E-state index contributed by atoms with van der Waals surface area (Å²) in [6.07, 6.45) is 0. The topological polar surface area (TPSA) is 97.5 Å². The molecule has 0 aliphatic carbocycles. The molecular formula is C7H6ClNO4S. The van der Waals surface area contributed by atoms with Gasteiger partial charge in [0.2, 0.25) is 10.0 Å². The van der Waals surface area contributed by atoms with E-state index in [-0.39, 0.29) is 5.02 Å². The van der Waals surface area contributed by atoms with Gasteiger partial charge in [0, 0.05) is 5.02 Å². The largest absolute Gasteiger partial charge is 0.478 e. The molecule has 0 aromatic heterocycles. The maximum absolute atomic E-state index is 10.9. The van der Waals surface area contributed by atoms with E-state index < -0.39 is 26.5 Å². The van der Waals surface area contributed by atoms with Gasteiger partial charge in [0.25, 0.3) is 0 Å². The van der Waals surface area contributed by atoms with Gasteiger partial charge in [-0.05, 0) is 18.2 Å². The molecule has 0 atom stereocenters. The Morgan fingerprint density at radius 1 is 1.43 bits per heavy atom. The van der Waals surface area contributed by atoms with Crippen molar-refractivity contribution in [2.24, 2.45) is 5.14 Å². The minimum Gasteiger partial charge on any atom is -0.478 e. The summed E-state index contributed by atoms with van der Waals surface area (Å²) in [5, 5.41) is 13.6. The molecule has 7 heteroatoms. The van der Waals surface area contributed by atoms with Crippen molar-refractivity contribution in [3.05, 3.63) is 28.8 Å². The number of rotatable bonds is 2. The predicted octanol–water partition coefficient (Wildman–Crippen LogP) is 0.686. The van der Waals surface area contributed by atoms with Crippen molar-refractivity contribution >= 4 is 27.6 Å². The third-order valence-electron chi connectivity index (χ3n) is 1.48. The summed E-state index contributed by atoms with van der Waals surface area (Å²) in [6.45, 7) is 0. The van der Waals surface area contributed by atoms with Gasteiger partial charge in [0.15, 0.2) is 0 Å². The SMILES string of the molecule is NS(=O)(=O)c1ccc(Cl)cc1C(=O)O. The van der Waals surface area contributed by atoms with E-state index in [0.717, 1.165) is 12.1 Å². The highest BCUT2D eigenvalue weighted by Crippen LogP contribution is 2.19. The molecule has 0 aliphatic heterocycles. The molecule has 0 aliphatic rings. The highest BCUT2D eigenvalue weighted by Gasteiger charge is 2.18. The molecule has 14 heavy (non-hydrogen) atoms. The molecule has 0 radical (unpaired) electrons. The maximum atomic E-state index is 10.9. The van der Waals surface area contributed by atoms with Crippen molar-refractivity contribution in [1.29, 1.82) is 0 Å². The van der Waals surface area contributed by atoms with Crippen molar-refractivity contribution < 1.29 is 18.3 Å². The molecule has 1 aromatic carbocycles. The van der Waals surface area contributed by atoms with Crippen LogP contribution in [0, 0.1) is 0 Å². The third-order valence-corrected chi connectivity index (χ3v) is 2.68. The molecule has 0 spiro atoms. The van der Waals surface area contributed by atoms with Crippen LogP contribution < -0.4 is 5.14 Å². The molecule has 0 heterocycles. The van der Waals surface area contributed by atoms with Crippen LogP contribution in [0.15, 0.2) is 23.1 Å². The van der Waals surface area contributed by atoms with E-state index in [9.17, 15) is 13.2 Å². The van der Waals surface area contributed by atoms with E-state index in [4.69, 9.17) is 21.8 Å². The number of benzene rings is 1. The normalized spacial score (nSPS) is 11.3. The van der Waals surface area contributed by atoms with Crippen molar-refractivity contribution in [2.45, 2.75) is 4.90 Å². The Kier molecular flexibility index (Phi) is 2.79. The highest BCUT2D eigenvalue weighted by molar-refractivity contribution is 7.89. The van der Waals surface area contributed by atoms with Crippen LogP contribution in [0.4, 0.5) is 0 Å². The lowest BCUT2D eigenvalue weighted by Crippen LogP contribution is -2.16. The third kappa shape index (κ3) is 2.22. The van der Waals surface area contributed by atoms with E-state index in [0.29, 0.717) is 0 Å². The molecule has 3 N–H and O–H groups in total. The van der Waals surface area contributed by atoms with Crippen molar-refractivity contribution in [3.63, 3.8) is 0 Å². The molecule has 76 valence electrons. The number of aromatic carboxylic acids is 1. The Balaban J connectivity index is 3.53. The Morgan fingerprint density at radius 3 is 2.43 bits per heavy atom. The lowest BCUT2D eigenvalue weighted by molar-refractivity contribution is 0.0692. The fraction of sp³-hybridized carbons (Fsp3) is 0. The number of hydrogen-bond acceptors (Lipinski definition) is 3. The average Bonchev–Trinajstić information content (AvgIpc) is 2.01. The zero-order chi connectivity index (χ0) is 10.9. The van der Waals surface area contributed by atoms with Gasteiger partial charge < -0.3 is 5.11 Å². The fourth-order valence-electron chi connectivity index (χ4n) is 0.917. The minimum absolute atomic E-state index is 0.134. The maximum Gasteiger partial charge on any atom is 0.337 e. The van der Waals surface area contributed by atoms with Gasteiger partial charge in [-0.2, -0.15) is 0 Å². The summed E-state index contributed by atoms with van der Waals surface area (Å²) in [5.41, 5.74) is -0.431. The van der Waals surface area contributed by atoms with Gasteiger partial charge in [-0.25, -0.2) is 18.4 Å². The number of sulfonamides is 1. The molecule has 1 aromatic rings. The number of carboxylic acids is 1. The van der Waals surface area contributed by atoms with Gasteiger partial charge in [-0.1, -0.05) is 11.6 Å². The number of nitrogens with two attached hydrogens (primary N) is 1. The summed E-state index contributed by atoms with van der Waals surface area (Å²) in [5.74, 6) is -1.39. The molecule has 0 saturated heterocycles. The molecule has 5 nitrogen and oxygen atoms in total. The zero-order valence-electron chi connectivity index (χ0n) is 6.77. The Morgan fingerprint density at radius 2 is 2.00 bits per heavy atom. The van der Waals surface area contributed by atoms with Crippen LogP contribution in [0.3, 0.4) is 0 Å². The van der Waals surface area contributed by atoms with E-state index in [2.05, 4.69) is 0 Å². The van der Waals surface area contributed by atoms with Gasteiger partial charge in [0.05, 0.1) is 10.5 Å². The monoisotopic (exact) mass is 235 g/mol. The zero-order valence-corrected chi connectivity index (χ0v) is 8.34.